The first-order valence-electron chi connectivity index (χ1n) is 8.86. The number of rotatable bonds is 7. The molecule has 2 aromatic rings. The highest BCUT2D eigenvalue weighted by molar-refractivity contribution is 6.30. The molecule has 0 aromatic heterocycles. The molecule has 1 aliphatic rings. The highest BCUT2D eigenvalue weighted by Crippen LogP contribution is 2.48. The highest BCUT2D eigenvalue weighted by atomic mass is 35.5. The Kier molecular flexibility index (Phi) is 7.58. The molecule has 1 unspecified atom stereocenters. The van der Waals surface area contributed by atoms with Crippen LogP contribution in [0.25, 0.3) is 0 Å². The van der Waals surface area contributed by atoms with E-state index < -0.39 is 5.97 Å². The average molecular weight is 429 g/mol. The van der Waals surface area contributed by atoms with Gasteiger partial charge in [-0.15, -0.1) is 12.4 Å². The van der Waals surface area contributed by atoms with E-state index in [9.17, 15) is 4.79 Å². The Morgan fingerprint density at radius 2 is 1.81 bits per heavy atom. The van der Waals surface area contributed by atoms with Crippen molar-refractivity contribution in [1.82, 2.24) is 4.90 Å². The molecule has 1 atom stereocenters. The maximum atomic E-state index is 10.9. The molecular formula is C21H24Cl3NO2. The van der Waals surface area contributed by atoms with Gasteiger partial charge in [0.15, 0.2) is 0 Å². The van der Waals surface area contributed by atoms with Crippen molar-refractivity contribution < 1.29 is 9.90 Å². The summed E-state index contributed by atoms with van der Waals surface area (Å²) >= 11 is 12.3. The molecule has 0 amide bonds. The zero-order chi connectivity index (χ0) is 18.7. The van der Waals surface area contributed by atoms with E-state index in [1.165, 1.54) is 16.7 Å². The average Bonchev–Trinajstić information content (AvgIpc) is 2.93. The molecule has 0 radical (unpaired) electrons. The summed E-state index contributed by atoms with van der Waals surface area (Å²) in [6.45, 7) is 0.824. The van der Waals surface area contributed by atoms with Crippen molar-refractivity contribution in [3.63, 3.8) is 0 Å². The van der Waals surface area contributed by atoms with E-state index in [1.54, 1.807) is 0 Å². The van der Waals surface area contributed by atoms with E-state index in [-0.39, 0.29) is 24.4 Å². The molecular weight excluding hydrogens is 405 g/mol. The molecule has 1 aliphatic carbocycles. The number of likely N-dealkylation sites (N-methyl/N-ethyl adjacent to an activating group) is 1. The molecule has 3 rings (SSSR count). The zero-order valence-electron chi connectivity index (χ0n) is 15.3. The van der Waals surface area contributed by atoms with Gasteiger partial charge in [0.25, 0.3) is 0 Å². The fraction of sp³-hybridized carbons (Fsp3) is 0.381. The summed E-state index contributed by atoms with van der Waals surface area (Å²) in [7, 11) is 1.85. The third-order valence-electron chi connectivity index (χ3n) is 5.35. The van der Waals surface area contributed by atoms with Gasteiger partial charge in [0.1, 0.15) is 0 Å². The third kappa shape index (κ3) is 4.97. The number of hydrogen-bond acceptors (Lipinski definition) is 2. The molecule has 0 saturated carbocycles. The molecule has 2 aromatic carbocycles. The van der Waals surface area contributed by atoms with E-state index in [2.05, 4.69) is 24.3 Å². The normalized spacial score (nSPS) is 18.2. The Bertz CT molecular complexity index is 795. The van der Waals surface area contributed by atoms with Gasteiger partial charge in [-0.25, -0.2) is 0 Å². The van der Waals surface area contributed by atoms with Crippen LogP contribution in [0, 0.1) is 0 Å². The van der Waals surface area contributed by atoms with Crippen LogP contribution >= 0.6 is 35.6 Å². The molecule has 6 heteroatoms. The summed E-state index contributed by atoms with van der Waals surface area (Å²) in [6, 6.07) is 14.3. The number of hydrogen-bond donors (Lipinski definition) is 1. The SMILES string of the molecule is CN(CCCC1(c2ccc(Cl)cc2)CCc2cc(Cl)ccc21)CC(=O)O.Cl. The molecule has 3 nitrogen and oxygen atoms in total. The summed E-state index contributed by atoms with van der Waals surface area (Å²) in [5, 5.41) is 10.4. The van der Waals surface area contributed by atoms with Crippen molar-refractivity contribution in [2.24, 2.45) is 0 Å². The molecule has 1 N–H and O–H groups in total. The van der Waals surface area contributed by atoms with Crippen LogP contribution in [0.5, 0.6) is 0 Å². The minimum atomic E-state index is -0.791. The van der Waals surface area contributed by atoms with Crippen molar-refractivity contribution in [3.8, 4) is 0 Å². The minimum absolute atomic E-state index is 0. The Balaban J connectivity index is 0.00000261. The predicted molar refractivity (Wildman–Crippen MR) is 114 cm³/mol. The highest BCUT2D eigenvalue weighted by Gasteiger charge is 2.39. The fourth-order valence-corrected chi connectivity index (χ4v) is 4.47. The number of halogens is 3. The van der Waals surface area contributed by atoms with Crippen LogP contribution in [0.3, 0.4) is 0 Å². The van der Waals surface area contributed by atoms with Crippen molar-refractivity contribution in [2.45, 2.75) is 31.1 Å². The minimum Gasteiger partial charge on any atom is -0.480 e. The van der Waals surface area contributed by atoms with Gasteiger partial charge in [-0.2, -0.15) is 0 Å². The van der Waals surface area contributed by atoms with Crippen LogP contribution in [-0.4, -0.2) is 36.1 Å². The Hall–Kier alpha value is -1.26. The van der Waals surface area contributed by atoms with Gasteiger partial charge in [-0.1, -0.05) is 41.4 Å². The number of nitrogens with zero attached hydrogens (tertiary/aromatic N) is 1. The summed E-state index contributed by atoms with van der Waals surface area (Å²) in [6.07, 6.45) is 3.93. The standard InChI is InChI=1S/C21H23Cl2NO2.ClH/c1-24(14-20(25)26)12-2-10-21(16-3-5-17(22)6-4-16)11-9-15-13-18(23)7-8-19(15)21;/h3-8,13H,2,9-12,14H2,1H3,(H,25,26);1H. The predicted octanol–water partition coefficient (Wildman–Crippen LogP) is 5.44. The molecule has 0 bridgehead atoms. The summed E-state index contributed by atoms with van der Waals surface area (Å²) in [5.74, 6) is -0.791. The molecule has 0 aliphatic heterocycles. The van der Waals surface area contributed by atoms with Crippen molar-refractivity contribution in [1.29, 1.82) is 0 Å². The van der Waals surface area contributed by atoms with Gasteiger partial charge in [0.2, 0.25) is 0 Å². The first-order chi connectivity index (χ1) is 12.4. The van der Waals surface area contributed by atoms with Gasteiger partial charge < -0.3 is 5.11 Å². The molecule has 27 heavy (non-hydrogen) atoms. The number of aliphatic carboxylic acids is 1. The van der Waals surface area contributed by atoms with Crippen LogP contribution in [0.4, 0.5) is 0 Å². The molecule has 0 heterocycles. The second-order valence-corrected chi connectivity index (χ2v) is 8.00. The van der Waals surface area contributed by atoms with Crippen molar-refractivity contribution >= 4 is 41.6 Å². The maximum Gasteiger partial charge on any atom is 0.317 e. The van der Waals surface area contributed by atoms with E-state index in [1.807, 2.05) is 30.1 Å². The van der Waals surface area contributed by atoms with E-state index in [0.29, 0.717) is 0 Å². The Labute approximate surface area is 176 Å². The molecule has 146 valence electrons. The van der Waals surface area contributed by atoms with Crippen LogP contribution in [-0.2, 0) is 16.6 Å². The first-order valence-corrected chi connectivity index (χ1v) is 9.61. The lowest BCUT2D eigenvalue weighted by Gasteiger charge is -2.32. The number of carbonyl (C=O) groups is 1. The quantitative estimate of drug-likeness (QED) is 0.638. The second kappa shape index (κ2) is 9.29. The monoisotopic (exact) mass is 427 g/mol. The van der Waals surface area contributed by atoms with Gasteiger partial charge in [0, 0.05) is 15.5 Å². The maximum absolute atomic E-state index is 10.9. The first kappa shape index (κ1) is 22.0. The van der Waals surface area contributed by atoms with Gasteiger partial charge in [-0.05, 0) is 80.2 Å². The largest absolute Gasteiger partial charge is 0.480 e. The Morgan fingerprint density at radius 1 is 1.15 bits per heavy atom. The Morgan fingerprint density at radius 3 is 2.48 bits per heavy atom. The zero-order valence-corrected chi connectivity index (χ0v) is 17.6. The summed E-state index contributed by atoms with van der Waals surface area (Å²) in [4.78, 5) is 12.7. The topological polar surface area (TPSA) is 40.5 Å². The van der Waals surface area contributed by atoms with Crippen LogP contribution in [0.1, 0.15) is 36.0 Å². The van der Waals surface area contributed by atoms with Crippen LogP contribution < -0.4 is 0 Å². The van der Waals surface area contributed by atoms with Gasteiger partial charge >= 0.3 is 5.97 Å². The lowest BCUT2D eigenvalue weighted by molar-refractivity contribution is -0.137. The smallest absolute Gasteiger partial charge is 0.317 e. The summed E-state index contributed by atoms with van der Waals surface area (Å²) < 4.78 is 0. The van der Waals surface area contributed by atoms with Crippen molar-refractivity contribution in [3.05, 3.63) is 69.2 Å². The number of fused-ring (bicyclic) bond motifs is 1. The second-order valence-electron chi connectivity index (χ2n) is 7.13. The molecule has 0 fully saturated rings. The number of benzene rings is 2. The van der Waals surface area contributed by atoms with Gasteiger partial charge in [-0.3, -0.25) is 9.69 Å². The van der Waals surface area contributed by atoms with E-state index in [4.69, 9.17) is 28.3 Å². The lowest BCUT2D eigenvalue weighted by atomic mass is 9.72. The number of carboxylic acids is 1. The van der Waals surface area contributed by atoms with E-state index >= 15 is 0 Å². The lowest BCUT2D eigenvalue weighted by Crippen LogP contribution is -2.30. The van der Waals surface area contributed by atoms with Crippen LogP contribution in [0.15, 0.2) is 42.5 Å². The van der Waals surface area contributed by atoms with E-state index in [0.717, 1.165) is 42.3 Å². The summed E-state index contributed by atoms with van der Waals surface area (Å²) in [5.41, 5.74) is 3.86. The number of carboxylic acid groups (broad SMARTS) is 1. The molecule has 0 saturated heterocycles. The molecule has 0 spiro atoms. The third-order valence-corrected chi connectivity index (χ3v) is 5.84. The fourth-order valence-electron chi connectivity index (χ4n) is 4.15. The van der Waals surface area contributed by atoms with Gasteiger partial charge in [0.05, 0.1) is 6.54 Å². The number of aryl methyl sites for hydroxylation is 1. The van der Waals surface area contributed by atoms with Crippen LogP contribution in [0.2, 0.25) is 10.0 Å². The van der Waals surface area contributed by atoms with Crippen molar-refractivity contribution in [2.75, 3.05) is 20.1 Å².